The molecule has 1 N–H and O–H groups in total. The van der Waals surface area contributed by atoms with Crippen LogP contribution in [0, 0.1) is 5.92 Å². The number of nitrogens with zero attached hydrogens (tertiary/aromatic N) is 1. The average Bonchev–Trinajstić information content (AvgIpc) is 2.19. The van der Waals surface area contributed by atoms with Gasteiger partial charge in [-0.15, -0.1) is 0 Å². The van der Waals surface area contributed by atoms with Gasteiger partial charge < -0.3 is 5.11 Å². The number of pyridine rings is 1. The minimum atomic E-state index is -0.793. The van der Waals surface area contributed by atoms with Gasteiger partial charge in [0.2, 0.25) is 0 Å². The van der Waals surface area contributed by atoms with E-state index in [1.54, 1.807) is 18.3 Å². The summed E-state index contributed by atoms with van der Waals surface area (Å²) in [4.78, 5) is 15.1. The SMILES string of the molecule is CCC(C)C(C(=O)O)c1ccccn1. The molecule has 1 aromatic rings. The van der Waals surface area contributed by atoms with Crippen LogP contribution in [0.5, 0.6) is 0 Å². The van der Waals surface area contributed by atoms with E-state index >= 15 is 0 Å². The van der Waals surface area contributed by atoms with E-state index in [9.17, 15) is 4.79 Å². The number of hydrogen-bond donors (Lipinski definition) is 1. The van der Waals surface area contributed by atoms with Crippen LogP contribution in [-0.2, 0) is 4.79 Å². The Kier molecular flexibility index (Phi) is 3.63. The highest BCUT2D eigenvalue weighted by molar-refractivity contribution is 5.75. The zero-order chi connectivity index (χ0) is 10.6. The number of aliphatic carboxylic acids is 1. The van der Waals surface area contributed by atoms with Crippen molar-refractivity contribution in [3.8, 4) is 0 Å². The zero-order valence-electron chi connectivity index (χ0n) is 8.47. The molecule has 0 saturated heterocycles. The smallest absolute Gasteiger partial charge is 0.312 e. The first kappa shape index (κ1) is 10.7. The molecule has 0 fully saturated rings. The Hall–Kier alpha value is -1.38. The maximum atomic E-state index is 11.1. The monoisotopic (exact) mass is 193 g/mol. The summed E-state index contributed by atoms with van der Waals surface area (Å²) < 4.78 is 0. The molecule has 3 nitrogen and oxygen atoms in total. The lowest BCUT2D eigenvalue weighted by Crippen LogP contribution is -2.20. The van der Waals surface area contributed by atoms with Crippen molar-refractivity contribution < 1.29 is 9.90 Å². The Morgan fingerprint density at radius 2 is 2.29 bits per heavy atom. The number of aromatic nitrogens is 1. The number of carboxylic acid groups (broad SMARTS) is 1. The molecule has 0 spiro atoms. The molecule has 0 aromatic carbocycles. The van der Waals surface area contributed by atoms with Gasteiger partial charge in [-0.25, -0.2) is 0 Å². The van der Waals surface area contributed by atoms with Crippen LogP contribution in [0.15, 0.2) is 24.4 Å². The lowest BCUT2D eigenvalue weighted by atomic mass is 9.89. The molecule has 14 heavy (non-hydrogen) atoms. The zero-order valence-corrected chi connectivity index (χ0v) is 8.47. The summed E-state index contributed by atoms with van der Waals surface area (Å²) in [7, 11) is 0. The van der Waals surface area contributed by atoms with Gasteiger partial charge in [0.05, 0.1) is 5.69 Å². The van der Waals surface area contributed by atoms with Crippen molar-refractivity contribution in [1.29, 1.82) is 0 Å². The van der Waals surface area contributed by atoms with Crippen molar-refractivity contribution >= 4 is 5.97 Å². The normalized spacial score (nSPS) is 14.7. The van der Waals surface area contributed by atoms with Crippen molar-refractivity contribution in [3.05, 3.63) is 30.1 Å². The second kappa shape index (κ2) is 4.74. The van der Waals surface area contributed by atoms with Crippen molar-refractivity contribution in [2.45, 2.75) is 26.2 Å². The fraction of sp³-hybridized carbons (Fsp3) is 0.455. The predicted octanol–water partition coefficient (Wildman–Crippen LogP) is 2.30. The van der Waals surface area contributed by atoms with E-state index < -0.39 is 11.9 Å². The van der Waals surface area contributed by atoms with Gasteiger partial charge in [-0.1, -0.05) is 26.3 Å². The highest BCUT2D eigenvalue weighted by Crippen LogP contribution is 2.25. The third-order valence-corrected chi connectivity index (χ3v) is 2.49. The summed E-state index contributed by atoms with van der Waals surface area (Å²) in [6.45, 7) is 3.93. The van der Waals surface area contributed by atoms with Gasteiger partial charge in [-0.3, -0.25) is 9.78 Å². The average molecular weight is 193 g/mol. The summed E-state index contributed by atoms with van der Waals surface area (Å²) in [5.41, 5.74) is 0.648. The number of carbonyl (C=O) groups is 1. The van der Waals surface area contributed by atoms with E-state index in [0.717, 1.165) is 6.42 Å². The molecule has 0 bridgehead atoms. The van der Waals surface area contributed by atoms with E-state index in [-0.39, 0.29) is 5.92 Å². The van der Waals surface area contributed by atoms with Gasteiger partial charge in [0.15, 0.2) is 0 Å². The molecule has 1 heterocycles. The van der Waals surface area contributed by atoms with Crippen molar-refractivity contribution in [2.24, 2.45) is 5.92 Å². The number of rotatable bonds is 4. The van der Waals surface area contributed by atoms with E-state index in [4.69, 9.17) is 5.11 Å². The first-order valence-corrected chi connectivity index (χ1v) is 4.80. The van der Waals surface area contributed by atoms with Crippen molar-refractivity contribution in [2.75, 3.05) is 0 Å². The fourth-order valence-electron chi connectivity index (χ4n) is 1.46. The van der Waals surface area contributed by atoms with Crippen LogP contribution in [0.1, 0.15) is 31.9 Å². The minimum Gasteiger partial charge on any atom is -0.481 e. The Balaban J connectivity index is 2.95. The summed E-state index contributed by atoms with van der Waals surface area (Å²) >= 11 is 0. The van der Waals surface area contributed by atoms with Crippen LogP contribution < -0.4 is 0 Å². The molecule has 0 aliphatic rings. The van der Waals surface area contributed by atoms with E-state index in [2.05, 4.69) is 4.98 Å². The Morgan fingerprint density at radius 3 is 2.71 bits per heavy atom. The van der Waals surface area contributed by atoms with Crippen LogP contribution in [0.4, 0.5) is 0 Å². The molecule has 1 aromatic heterocycles. The Labute approximate surface area is 83.8 Å². The molecular weight excluding hydrogens is 178 g/mol. The predicted molar refractivity (Wildman–Crippen MR) is 54.1 cm³/mol. The maximum absolute atomic E-state index is 11.1. The largest absolute Gasteiger partial charge is 0.481 e. The standard InChI is InChI=1S/C11H15NO2/c1-3-8(2)10(11(13)14)9-6-4-5-7-12-9/h4-8,10H,3H2,1-2H3,(H,13,14). The summed E-state index contributed by atoms with van der Waals surface area (Å²) in [6.07, 6.45) is 2.47. The lowest BCUT2D eigenvalue weighted by molar-refractivity contribution is -0.140. The van der Waals surface area contributed by atoms with E-state index in [1.807, 2.05) is 19.9 Å². The van der Waals surface area contributed by atoms with Gasteiger partial charge in [0, 0.05) is 6.20 Å². The summed E-state index contributed by atoms with van der Waals surface area (Å²) in [5.74, 6) is -1.17. The molecule has 0 aliphatic heterocycles. The number of carboxylic acids is 1. The second-order valence-electron chi connectivity index (χ2n) is 3.46. The Bertz CT molecular complexity index is 297. The minimum absolute atomic E-state index is 0.113. The third-order valence-electron chi connectivity index (χ3n) is 2.49. The molecule has 1 rings (SSSR count). The van der Waals surface area contributed by atoms with Crippen LogP contribution in [0.2, 0.25) is 0 Å². The molecule has 3 heteroatoms. The Morgan fingerprint density at radius 1 is 1.57 bits per heavy atom. The van der Waals surface area contributed by atoms with Gasteiger partial charge in [-0.05, 0) is 18.1 Å². The molecule has 2 atom stereocenters. The lowest BCUT2D eigenvalue weighted by Gasteiger charge is -2.17. The number of hydrogen-bond acceptors (Lipinski definition) is 2. The fourth-order valence-corrected chi connectivity index (χ4v) is 1.46. The molecule has 2 unspecified atom stereocenters. The van der Waals surface area contributed by atoms with Gasteiger partial charge >= 0.3 is 5.97 Å². The highest BCUT2D eigenvalue weighted by atomic mass is 16.4. The van der Waals surface area contributed by atoms with E-state index in [0.29, 0.717) is 5.69 Å². The molecule has 0 aliphatic carbocycles. The van der Waals surface area contributed by atoms with Gasteiger partial charge in [-0.2, -0.15) is 0 Å². The molecule has 0 saturated carbocycles. The highest BCUT2D eigenvalue weighted by Gasteiger charge is 2.26. The molecule has 0 amide bonds. The quantitative estimate of drug-likeness (QED) is 0.798. The maximum Gasteiger partial charge on any atom is 0.312 e. The molecular formula is C11H15NO2. The van der Waals surface area contributed by atoms with Gasteiger partial charge in [0.25, 0.3) is 0 Å². The van der Waals surface area contributed by atoms with Crippen LogP contribution in [-0.4, -0.2) is 16.1 Å². The van der Waals surface area contributed by atoms with Gasteiger partial charge in [0.1, 0.15) is 5.92 Å². The van der Waals surface area contributed by atoms with Crippen molar-refractivity contribution in [3.63, 3.8) is 0 Å². The van der Waals surface area contributed by atoms with Crippen LogP contribution >= 0.6 is 0 Å². The van der Waals surface area contributed by atoms with Crippen LogP contribution in [0.25, 0.3) is 0 Å². The summed E-state index contributed by atoms with van der Waals surface area (Å²) in [5, 5.41) is 9.09. The third kappa shape index (κ3) is 2.31. The van der Waals surface area contributed by atoms with Crippen molar-refractivity contribution in [1.82, 2.24) is 4.98 Å². The first-order chi connectivity index (χ1) is 6.66. The topological polar surface area (TPSA) is 50.2 Å². The second-order valence-corrected chi connectivity index (χ2v) is 3.46. The van der Waals surface area contributed by atoms with Crippen LogP contribution in [0.3, 0.4) is 0 Å². The summed E-state index contributed by atoms with van der Waals surface area (Å²) in [6, 6.07) is 5.38. The first-order valence-electron chi connectivity index (χ1n) is 4.80. The van der Waals surface area contributed by atoms with E-state index in [1.165, 1.54) is 0 Å². The molecule has 0 radical (unpaired) electrons. The molecule has 76 valence electrons.